The van der Waals surface area contributed by atoms with Gasteiger partial charge in [-0.15, -0.1) is 16.8 Å². The molecule has 3 rings (SSSR count). The minimum atomic E-state index is 0.556. The van der Waals surface area contributed by atoms with Gasteiger partial charge in [-0.1, -0.05) is 47.1 Å². The van der Waals surface area contributed by atoms with E-state index >= 15 is 0 Å². The van der Waals surface area contributed by atoms with Crippen LogP contribution in [0.2, 0.25) is 10.0 Å². The van der Waals surface area contributed by atoms with Crippen LogP contribution in [0.15, 0.2) is 48.4 Å². The van der Waals surface area contributed by atoms with Crippen LogP contribution in [0.5, 0.6) is 0 Å². The predicted molar refractivity (Wildman–Crippen MR) is 103 cm³/mol. The summed E-state index contributed by atoms with van der Waals surface area (Å²) in [5.74, 6) is 1.51. The van der Waals surface area contributed by atoms with Crippen molar-refractivity contribution in [2.45, 2.75) is 30.9 Å². The second-order valence-electron chi connectivity index (χ2n) is 5.33. The summed E-state index contributed by atoms with van der Waals surface area (Å²) < 4.78 is 3.90. The van der Waals surface area contributed by atoms with Gasteiger partial charge >= 0.3 is 0 Å². The van der Waals surface area contributed by atoms with Gasteiger partial charge in [0.25, 0.3) is 0 Å². The summed E-state index contributed by atoms with van der Waals surface area (Å²) >= 11 is 13.6. The molecule has 2 aromatic heterocycles. The normalized spacial score (nSPS) is 11.0. The van der Waals surface area contributed by atoms with E-state index in [-0.39, 0.29) is 0 Å². The molecule has 0 atom stereocenters. The highest BCUT2D eigenvalue weighted by atomic mass is 35.5. The Morgan fingerprint density at radius 2 is 2.08 bits per heavy atom. The van der Waals surface area contributed by atoms with E-state index in [2.05, 4.69) is 21.9 Å². The highest BCUT2D eigenvalue weighted by molar-refractivity contribution is 7.98. The molecule has 0 amide bonds. The molecule has 1 aromatic carbocycles. The number of nitrogens with zero attached hydrogens (tertiary/aromatic N) is 5. The van der Waals surface area contributed by atoms with Crippen molar-refractivity contribution in [2.75, 3.05) is 0 Å². The lowest BCUT2D eigenvalue weighted by atomic mass is 10.2. The van der Waals surface area contributed by atoms with Crippen molar-refractivity contribution in [1.82, 2.24) is 24.5 Å². The van der Waals surface area contributed by atoms with E-state index in [0.717, 1.165) is 34.4 Å². The highest BCUT2D eigenvalue weighted by Crippen LogP contribution is 2.29. The van der Waals surface area contributed by atoms with Gasteiger partial charge in [0.05, 0.1) is 21.8 Å². The lowest BCUT2D eigenvalue weighted by Crippen LogP contribution is -2.00. The van der Waals surface area contributed by atoms with Crippen molar-refractivity contribution < 1.29 is 0 Å². The molecule has 0 aliphatic rings. The van der Waals surface area contributed by atoms with Crippen LogP contribution in [-0.4, -0.2) is 24.5 Å². The average Bonchev–Trinajstić information content (AvgIpc) is 3.23. The number of thioether (sulfide) groups is 1. The Morgan fingerprint density at radius 3 is 2.76 bits per heavy atom. The first kappa shape index (κ1) is 18.0. The van der Waals surface area contributed by atoms with Crippen LogP contribution in [-0.2, 0) is 18.8 Å². The number of allylic oxidation sites excluding steroid dienone is 1. The topological polar surface area (TPSA) is 48.5 Å². The minimum absolute atomic E-state index is 0.556. The van der Waals surface area contributed by atoms with Crippen LogP contribution in [0, 0.1) is 0 Å². The van der Waals surface area contributed by atoms with Gasteiger partial charge in [0.2, 0.25) is 0 Å². The standard InChI is InChI=1S/C17H17Cl2N5S/c1-3-7-24-16(13-9-20-23(4-2)10-13)21-22-17(24)25-11-12-5-6-14(18)15(19)8-12/h3,5-6,8-10H,1,4,7,11H2,2H3. The maximum absolute atomic E-state index is 6.08. The fraction of sp³-hybridized carbons (Fsp3) is 0.235. The number of rotatable bonds is 7. The van der Waals surface area contributed by atoms with E-state index in [9.17, 15) is 0 Å². The van der Waals surface area contributed by atoms with Gasteiger partial charge in [-0.25, -0.2) is 0 Å². The summed E-state index contributed by atoms with van der Waals surface area (Å²) in [5.41, 5.74) is 2.02. The Labute approximate surface area is 160 Å². The Hall–Kier alpha value is -1.76. The van der Waals surface area contributed by atoms with Gasteiger partial charge in [0, 0.05) is 25.0 Å². The van der Waals surface area contributed by atoms with Gasteiger partial charge in [-0.05, 0) is 24.6 Å². The SMILES string of the molecule is C=CCn1c(SCc2ccc(Cl)c(Cl)c2)nnc1-c1cnn(CC)c1. The molecule has 0 saturated heterocycles. The van der Waals surface area contributed by atoms with Crippen LogP contribution in [0.1, 0.15) is 12.5 Å². The third-order valence-corrected chi connectivity index (χ3v) is 5.37. The van der Waals surface area contributed by atoms with Crippen LogP contribution in [0.3, 0.4) is 0 Å². The zero-order chi connectivity index (χ0) is 17.8. The van der Waals surface area contributed by atoms with E-state index < -0.39 is 0 Å². The maximum atomic E-state index is 6.08. The van der Waals surface area contributed by atoms with Crippen molar-refractivity contribution in [2.24, 2.45) is 0 Å². The number of aromatic nitrogens is 5. The lowest BCUT2D eigenvalue weighted by molar-refractivity contribution is 0.660. The van der Waals surface area contributed by atoms with Gasteiger partial charge < -0.3 is 0 Å². The Kier molecular flexibility index (Phi) is 5.83. The fourth-order valence-corrected chi connectivity index (χ4v) is 3.54. The minimum Gasteiger partial charge on any atom is -0.298 e. The van der Waals surface area contributed by atoms with Crippen LogP contribution in [0.4, 0.5) is 0 Å². The first-order valence-electron chi connectivity index (χ1n) is 7.76. The van der Waals surface area contributed by atoms with Crippen molar-refractivity contribution in [3.05, 3.63) is 58.9 Å². The smallest absolute Gasteiger partial charge is 0.192 e. The fourth-order valence-electron chi connectivity index (χ4n) is 2.33. The molecule has 3 aromatic rings. The predicted octanol–water partition coefficient (Wildman–Crippen LogP) is 4.95. The molecule has 5 nitrogen and oxygen atoms in total. The van der Waals surface area contributed by atoms with Gasteiger partial charge in [0.15, 0.2) is 11.0 Å². The van der Waals surface area contributed by atoms with Gasteiger partial charge in [-0.3, -0.25) is 9.25 Å². The van der Waals surface area contributed by atoms with E-state index in [1.807, 2.05) is 40.6 Å². The zero-order valence-electron chi connectivity index (χ0n) is 13.7. The summed E-state index contributed by atoms with van der Waals surface area (Å²) in [4.78, 5) is 0. The molecule has 0 saturated carbocycles. The number of hydrogen-bond donors (Lipinski definition) is 0. The summed E-state index contributed by atoms with van der Waals surface area (Å²) in [6.07, 6.45) is 5.61. The number of aryl methyl sites for hydroxylation is 1. The third-order valence-electron chi connectivity index (χ3n) is 3.60. The van der Waals surface area contributed by atoms with Crippen molar-refractivity contribution >= 4 is 35.0 Å². The second kappa shape index (κ2) is 8.08. The quantitative estimate of drug-likeness (QED) is 0.420. The summed E-state index contributed by atoms with van der Waals surface area (Å²) in [5, 5.41) is 14.9. The summed E-state index contributed by atoms with van der Waals surface area (Å²) in [6.45, 7) is 7.32. The Balaban J connectivity index is 1.83. The lowest BCUT2D eigenvalue weighted by Gasteiger charge is -2.07. The van der Waals surface area contributed by atoms with Crippen molar-refractivity contribution in [1.29, 1.82) is 0 Å². The van der Waals surface area contributed by atoms with Gasteiger partial charge in [-0.2, -0.15) is 5.10 Å². The van der Waals surface area contributed by atoms with Crippen LogP contribution in [0.25, 0.3) is 11.4 Å². The van der Waals surface area contributed by atoms with Crippen LogP contribution < -0.4 is 0 Å². The second-order valence-corrected chi connectivity index (χ2v) is 7.08. The zero-order valence-corrected chi connectivity index (χ0v) is 16.0. The molecule has 0 N–H and O–H groups in total. The Morgan fingerprint density at radius 1 is 1.24 bits per heavy atom. The monoisotopic (exact) mass is 393 g/mol. The molecule has 25 heavy (non-hydrogen) atoms. The first-order chi connectivity index (χ1) is 12.1. The maximum Gasteiger partial charge on any atom is 0.192 e. The van der Waals surface area contributed by atoms with Gasteiger partial charge in [0.1, 0.15) is 0 Å². The molecular formula is C17H17Cl2N5S. The molecule has 130 valence electrons. The summed E-state index contributed by atoms with van der Waals surface area (Å²) in [7, 11) is 0. The molecule has 0 bridgehead atoms. The highest BCUT2D eigenvalue weighted by Gasteiger charge is 2.15. The molecule has 0 unspecified atom stereocenters. The number of hydrogen-bond acceptors (Lipinski definition) is 4. The van der Waals surface area contributed by atoms with E-state index in [4.69, 9.17) is 23.2 Å². The molecule has 8 heteroatoms. The van der Waals surface area contributed by atoms with Crippen molar-refractivity contribution in [3.63, 3.8) is 0 Å². The molecular weight excluding hydrogens is 377 g/mol. The first-order valence-corrected chi connectivity index (χ1v) is 9.50. The van der Waals surface area contributed by atoms with E-state index in [1.165, 1.54) is 0 Å². The third kappa shape index (κ3) is 4.08. The van der Waals surface area contributed by atoms with E-state index in [1.54, 1.807) is 24.0 Å². The number of halogens is 2. The molecule has 0 fully saturated rings. The molecule has 0 spiro atoms. The van der Waals surface area contributed by atoms with Crippen LogP contribution >= 0.6 is 35.0 Å². The largest absolute Gasteiger partial charge is 0.298 e. The van der Waals surface area contributed by atoms with E-state index in [0.29, 0.717) is 16.6 Å². The molecule has 0 radical (unpaired) electrons. The summed E-state index contributed by atoms with van der Waals surface area (Å²) in [6, 6.07) is 5.64. The number of benzene rings is 1. The molecule has 0 aliphatic heterocycles. The van der Waals surface area contributed by atoms with Crippen molar-refractivity contribution in [3.8, 4) is 11.4 Å². The molecule has 2 heterocycles. The Bertz CT molecular complexity index is 887. The molecule has 0 aliphatic carbocycles. The average molecular weight is 394 g/mol.